The molecule has 1 rings (SSSR count). The highest BCUT2D eigenvalue weighted by Gasteiger charge is 2.31. The quantitative estimate of drug-likeness (QED) is 0.117. The van der Waals surface area contributed by atoms with E-state index in [0.29, 0.717) is 5.69 Å². The van der Waals surface area contributed by atoms with Crippen LogP contribution in [-0.4, -0.2) is 79.9 Å². The third kappa shape index (κ3) is 10.9. The SMILES string of the molecule is CC(C)CC(NC(=O)C(N)CC(=O)O)C(=O)NC(CCC(N)=O)C(=O)NC(Cc1cnc[nH]1)C(=O)O. The van der Waals surface area contributed by atoms with Crippen LogP contribution in [0.5, 0.6) is 0 Å². The van der Waals surface area contributed by atoms with Crippen LogP contribution >= 0.6 is 0 Å². The van der Waals surface area contributed by atoms with Crippen LogP contribution in [0, 0.1) is 5.92 Å². The van der Waals surface area contributed by atoms with Crippen molar-refractivity contribution in [1.82, 2.24) is 25.9 Å². The Hall–Kier alpha value is -4.01. The van der Waals surface area contributed by atoms with Crippen LogP contribution in [-0.2, 0) is 35.2 Å². The van der Waals surface area contributed by atoms with E-state index in [1.165, 1.54) is 12.5 Å². The minimum Gasteiger partial charge on any atom is -0.481 e. The van der Waals surface area contributed by atoms with Gasteiger partial charge in [-0.2, -0.15) is 0 Å². The molecule has 1 aromatic heterocycles. The summed E-state index contributed by atoms with van der Waals surface area (Å²) < 4.78 is 0. The lowest BCUT2D eigenvalue weighted by Crippen LogP contribution is -2.57. The molecule has 0 aliphatic carbocycles. The first-order chi connectivity index (χ1) is 16.8. The summed E-state index contributed by atoms with van der Waals surface area (Å²) in [4.78, 5) is 78.5. The lowest BCUT2D eigenvalue weighted by molar-refractivity contribution is -0.142. The number of imidazole rings is 1. The van der Waals surface area contributed by atoms with E-state index in [1.807, 2.05) is 0 Å². The standard InChI is InChI=1S/C21H33N7O8/c1-10(2)5-14(27-18(32)12(22)7-17(30)31)20(34)26-13(3-4-16(23)29)19(33)28-15(21(35)36)6-11-8-24-9-25-11/h8-10,12-15H,3-7,22H2,1-2H3,(H2,23,29)(H,24,25)(H,26,34)(H,27,32)(H,28,33)(H,30,31)(H,35,36). The van der Waals surface area contributed by atoms with E-state index in [9.17, 15) is 33.9 Å². The molecule has 0 saturated carbocycles. The largest absolute Gasteiger partial charge is 0.481 e. The van der Waals surface area contributed by atoms with Crippen molar-refractivity contribution in [3.05, 3.63) is 18.2 Å². The van der Waals surface area contributed by atoms with Gasteiger partial charge in [0.25, 0.3) is 0 Å². The zero-order chi connectivity index (χ0) is 27.4. The predicted molar refractivity (Wildman–Crippen MR) is 124 cm³/mol. The molecule has 4 amide bonds. The molecule has 15 nitrogen and oxygen atoms in total. The van der Waals surface area contributed by atoms with Crippen LogP contribution in [0.25, 0.3) is 0 Å². The molecule has 200 valence electrons. The van der Waals surface area contributed by atoms with Crippen molar-refractivity contribution in [1.29, 1.82) is 0 Å². The Morgan fingerprint density at radius 1 is 0.972 bits per heavy atom. The number of carbonyl (C=O) groups excluding carboxylic acids is 4. The maximum Gasteiger partial charge on any atom is 0.326 e. The molecule has 0 aromatic carbocycles. The van der Waals surface area contributed by atoms with Crippen LogP contribution in [0.1, 0.15) is 45.2 Å². The van der Waals surface area contributed by atoms with Crippen molar-refractivity contribution in [3.63, 3.8) is 0 Å². The molecule has 0 aliphatic rings. The molecule has 0 bridgehead atoms. The molecule has 1 heterocycles. The Morgan fingerprint density at radius 3 is 2.06 bits per heavy atom. The number of hydrogen-bond donors (Lipinski definition) is 8. The normalized spacial score (nSPS) is 14.2. The molecule has 0 radical (unpaired) electrons. The summed E-state index contributed by atoms with van der Waals surface area (Å²) in [6, 6.07) is -5.31. The number of nitrogens with zero attached hydrogens (tertiary/aromatic N) is 1. The summed E-state index contributed by atoms with van der Waals surface area (Å²) in [6.45, 7) is 3.54. The van der Waals surface area contributed by atoms with Crippen LogP contribution in [0.3, 0.4) is 0 Å². The molecule has 4 unspecified atom stereocenters. The summed E-state index contributed by atoms with van der Waals surface area (Å²) in [6.07, 6.45) is 1.56. The van der Waals surface area contributed by atoms with Gasteiger partial charge in [-0.25, -0.2) is 9.78 Å². The Morgan fingerprint density at radius 2 is 1.56 bits per heavy atom. The van der Waals surface area contributed by atoms with E-state index in [2.05, 4.69) is 25.9 Å². The van der Waals surface area contributed by atoms with Gasteiger partial charge in [-0.15, -0.1) is 0 Å². The van der Waals surface area contributed by atoms with Crippen molar-refractivity contribution >= 4 is 35.6 Å². The maximum absolute atomic E-state index is 13.0. The Bertz CT molecular complexity index is 935. The van der Waals surface area contributed by atoms with Gasteiger partial charge in [0.1, 0.15) is 18.1 Å². The summed E-state index contributed by atoms with van der Waals surface area (Å²) in [5, 5.41) is 25.4. The van der Waals surface area contributed by atoms with Gasteiger partial charge >= 0.3 is 11.9 Å². The van der Waals surface area contributed by atoms with E-state index < -0.39 is 66.2 Å². The van der Waals surface area contributed by atoms with Crippen molar-refractivity contribution in [3.8, 4) is 0 Å². The first-order valence-corrected chi connectivity index (χ1v) is 11.2. The second-order valence-electron chi connectivity index (χ2n) is 8.64. The number of hydrogen-bond acceptors (Lipinski definition) is 8. The summed E-state index contributed by atoms with van der Waals surface area (Å²) in [7, 11) is 0. The predicted octanol–water partition coefficient (Wildman–Crippen LogP) is -2.40. The average Bonchev–Trinajstić information content (AvgIpc) is 3.27. The Labute approximate surface area is 206 Å². The fourth-order valence-corrected chi connectivity index (χ4v) is 3.18. The van der Waals surface area contributed by atoms with Crippen molar-refractivity contribution < 1.29 is 39.0 Å². The lowest BCUT2D eigenvalue weighted by Gasteiger charge is -2.25. The zero-order valence-electron chi connectivity index (χ0n) is 20.0. The highest BCUT2D eigenvalue weighted by Crippen LogP contribution is 2.08. The Balaban J connectivity index is 3.01. The number of carboxylic acids is 2. The van der Waals surface area contributed by atoms with E-state index in [4.69, 9.17) is 16.6 Å². The van der Waals surface area contributed by atoms with Crippen molar-refractivity contribution in [2.45, 2.75) is 70.1 Å². The molecule has 1 aromatic rings. The fraction of sp³-hybridized carbons (Fsp3) is 0.571. The number of H-pyrrole nitrogens is 1. The maximum atomic E-state index is 13.0. The molecule has 0 fully saturated rings. The van der Waals surface area contributed by atoms with E-state index in [1.54, 1.807) is 13.8 Å². The first-order valence-electron chi connectivity index (χ1n) is 11.2. The van der Waals surface area contributed by atoms with Gasteiger partial charge < -0.3 is 42.6 Å². The highest BCUT2D eigenvalue weighted by molar-refractivity contribution is 5.95. The number of rotatable bonds is 16. The smallest absolute Gasteiger partial charge is 0.326 e. The fourth-order valence-electron chi connectivity index (χ4n) is 3.18. The summed E-state index contributed by atoms with van der Waals surface area (Å²) in [5.74, 6) is -6.04. The minimum atomic E-state index is -1.40. The monoisotopic (exact) mass is 511 g/mol. The topological polar surface area (TPSA) is 260 Å². The molecular weight excluding hydrogens is 478 g/mol. The molecule has 10 N–H and O–H groups in total. The van der Waals surface area contributed by atoms with Gasteiger partial charge in [0.05, 0.1) is 18.8 Å². The highest BCUT2D eigenvalue weighted by atomic mass is 16.4. The number of aliphatic carboxylic acids is 2. The van der Waals surface area contributed by atoms with Gasteiger partial charge in [-0.05, 0) is 18.8 Å². The van der Waals surface area contributed by atoms with Crippen molar-refractivity contribution in [2.24, 2.45) is 17.4 Å². The van der Waals surface area contributed by atoms with Crippen LogP contribution in [0.4, 0.5) is 0 Å². The number of amides is 4. The van der Waals surface area contributed by atoms with Gasteiger partial charge in [-0.1, -0.05) is 13.8 Å². The van der Waals surface area contributed by atoms with Crippen LogP contribution in [0.15, 0.2) is 12.5 Å². The lowest BCUT2D eigenvalue weighted by atomic mass is 10.0. The molecule has 15 heteroatoms. The molecular formula is C21H33N7O8. The van der Waals surface area contributed by atoms with Crippen LogP contribution < -0.4 is 27.4 Å². The molecule has 36 heavy (non-hydrogen) atoms. The number of nitrogens with one attached hydrogen (secondary N) is 4. The summed E-state index contributed by atoms with van der Waals surface area (Å²) >= 11 is 0. The molecule has 0 aliphatic heterocycles. The van der Waals surface area contributed by atoms with Crippen molar-refractivity contribution in [2.75, 3.05) is 0 Å². The number of carbonyl (C=O) groups is 6. The van der Waals surface area contributed by atoms with Gasteiger partial charge in [0.15, 0.2) is 0 Å². The number of aromatic amines is 1. The molecule has 0 spiro atoms. The summed E-state index contributed by atoms with van der Waals surface area (Å²) in [5.41, 5.74) is 11.2. The number of nitrogens with two attached hydrogens (primary N) is 2. The van der Waals surface area contributed by atoms with Gasteiger partial charge in [0.2, 0.25) is 23.6 Å². The van der Waals surface area contributed by atoms with Gasteiger partial charge in [-0.3, -0.25) is 24.0 Å². The second-order valence-corrected chi connectivity index (χ2v) is 8.64. The third-order valence-corrected chi connectivity index (χ3v) is 4.98. The van der Waals surface area contributed by atoms with E-state index >= 15 is 0 Å². The first kappa shape index (κ1) is 30.0. The van der Waals surface area contributed by atoms with E-state index in [0.717, 1.165) is 0 Å². The number of aromatic nitrogens is 2. The molecule has 4 atom stereocenters. The zero-order valence-corrected chi connectivity index (χ0v) is 20.0. The molecule has 0 saturated heterocycles. The third-order valence-electron chi connectivity index (χ3n) is 4.98. The van der Waals surface area contributed by atoms with Crippen LogP contribution in [0.2, 0.25) is 0 Å². The average molecular weight is 512 g/mol. The van der Waals surface area contributed by atoms with Gasteiger partial charge in [0, 0.05) is 24.7 Å². The minimum absolute atomic E-state index is 0.0968. The number of carboxylic acid groups (broad SMARTS) is 2. The number of primary amides is 1. The van der Waals surface area contributed by atoms with E-state index in [-0.39, 0.29) is 31.6 Å². The second kappa shape index (κ2) is 14.4. The Kier molecular flexibility index (Phi) is 12.0.